The molecule has 158 valence electrons. The zero-order valence-electron chi connectivity index (χ0n) is 17.4. The van der Waals surface area contributed by atoms with E-state index in [4.69, 9.17) is 9.47 Å². The summed E-state index contributed by atoms with van der Waals surface area (Å²) in [6.45, 7) is 5.47. The molecule has 0 aliphatic heterocycles. The minimum Gasteiger partial charge on any atom is -0.493 e. The summed E-state index contributed by atoms with van der Waals surface area (Å²) in [6.07, 6.45) is 0. The fraction of sp³-hybridized carbons (Fsp3) is 0.318. The van der Waals surface area contributed by atoms with E-state index in [2.05, 4.69) is 15.5 Å². The van der Waals surface area contributed by atoms with Gasteiger partial charge in [0.1, 0.15) is 6.61 Å². The number of rotatable bonds is 10. The lowest BCUT2D eigenvalue weighted by atomic mass is 10.2. The summed E-state index contributed by atoms with van der Waals surface area (Å²) in [4.78, 5) is 12.2. The quantitative estimate of drug-likeness (QED) is 0.499. The average molecular weight is 427 g/mol. The lowest BCUT2D eigenvalue weighted by molar-refractivity contribution is -0.118. The van der Waals surface area contributed by atoms with E-state index in [-0.39, 0.29) is 18.3 Å². The van der Waals surface area contributed by atoms with Crippen LogP contribution in [0.3, 0.4) is 0 Å². The van der Waals surface area contributed by atoms with Crippen LogP contribution in [0.15, 0.2) is 53.7 Å². The summed E-state index contributed by atoms with van der Waals surface area (Å²) in [7, 11) is 1.62. The number of thioether (sulfide) groups is 1. The molecule has 0 saturated carbocycles. The minimum absolute atomic E-state index is 0.0447. The monoisotopic (exact) mass is 426 g/mol. The maximum absolute atomic E-state index is 12.2. The van der Waals surface area contributed by atoms with E-state index in [0.29, 0.717) is 35.6 Å². The standard InChI is InChI=1S/C22H26N4O3S/c1-4-26-20(14-29-18-11-10-16(2)12-19(18)28-3)24-25-22(26)30-15-21(27)23-13-17-8-6-5-7-9-17/h5-12H,4,13-15H2,1-3H3,(H,23,27). The number of nitrogens with one attached hydrogen (secondary N) is 1. The van der Waals surface area contributed by atoms with E-state index in [1.807, 2.05) is 66.9 Å². The van der Waals surface area contributed by atoms with Crippen molar-refractivity contribution < 1.29 is 14.3 Å². The number of carbonyl (C=O) groups excluding carboxylic acids is 1. The van der Waals surface area contributed by atoms with Crippen molar-refractivity contribution >= 4 is 17.7 Å². The number of ether oxygens (including phenoxy) is 2. The highest BCUT2D eigenvalue weighted by Crippen LogP contribution is 2.28. The van der Waals surface area contributed by atoms with Crippen LogP contribution in [-0.4, -0.2) is 33.5 Å². The Morgan fingerprint density at radius 3 is 2.67 bits per heavy atom. The van der Waals surface area contributed by atoms with Gasteiger partial charge in [0.05, 0.1) is 12.9 Å². The smallest absolute Gasteiger partial charge is 0.230 e. The van der Waals surface area contributed by atoms with Crippen LogP contribution in [0.5, 0.6) is 11.5 Å². The van der Waals surface area contributed by atoms with Crippen LogP contribution >= 0.6 is 11.8 Å². The third-order valence-corrected chi connectivity index (χ3v) is 5.42. The van der Waals surface area contributed by atoms with Gasteiger partial charge >= 0.3 is 0 Å². The molecule has 0 aliphatic rings. The van der Waals surface area contributed by atoms with Gasteiger partial charge in [-0.25, -0.2) is 0 Å². The summed E-state index contributed by atoms with van der Waals surface area (Å²) in [5.74, 6) is 2.27. The van der Waals surface area contributed by atoms with Crippen LogP contribution in [0.1, 0.15) is 23.9 Å². The highest BCUT2D eigenvalue weighted by Gasteiger charge is 2.14. The van der Waals surface area contributed by atoms with Gasteiger partial charge in [-0.05, 0) is 37.1 Å². The van der Waals surface area contributed by atoms with Crippen LogP contribution in [0.25, 0.3) is 0 Å². The van der Waals surface area contributed by atoms with Crippen LogP contribution in [-0.2, 0) is 24.5 Å². The Kier molecular flexibility index (Phi) is 7.73. The second-order valence-electron chi connectivity index (χ2n) is 6.64. The molecule has 2 aromatic carbocycles. The van der Waals surface area contributed by atoms with Crippen molar-refractivity contribution in [3.05, 3.63) is 65.5 Å². The molecule has 3 rings (SSSR count). The molecule has 0 aliphatic carbocycles. The molecule has 7 nitrogen and oxygen atoms in total. The van der Waals surface area contributed by atoms with Crippen molar-refractivity contribution in [1.29, 1.82) is 0 Å². The van der Waals surface area contributed by atoms with Gasteiger partial charge in [-0.3, -0.25) is 4.79 Å². The molecule has 0 atom stereocenters. The zero-order valence-corrected chi connectivity index (χ0v) is 18.2. The number of methoxy groups -OCH3 is 1. The first kappa shape index (κ1) is 21.7. The lowest BCUT2D eigenvalue weighted by Crippen LogP contribution is -2.24. The molecular weight excluding hydrogens is 400 g/mol. The molecule has 1 aromatic heterocycles. The van der Waals surface area contributed by atoms with Gasteiger partial charge in [-0.2, -0.15) is 0 Å². The molecule has 1 heterocycles. The summed E-state index contributed by atoms with van der Waals surface area (Å²) in [6, 6.07) is 15.6. The topological polar surface area (TPSA) is 78.3 Å². The van der Waals surface area contributed by atoms with Crippen LogP contribution in [0.2, 0.25) is 0 Å². The minimum atomic E-state index is -0.0447. The molecule has 0 unspecified atom stereocenters. The Labute approximate surface area is 180 Å². The maximum atomic E-state index is 12.2. The van der Waals surface area contributed by atoms with Crippen LogP contribution in [0.4, 0.5) is 0 Å². The van der Waals surface area contributed by atoms with E-state index in [1.165, 1.54) is 11.8 Å². The number of amides is 1. The van der Waals surface area contributed by atoms with Gasteiger partial charge in [0, 0.05) is 13.1 Å². The maximum Gasteiger partial charge on any atom is 0.230 e. The van der Waals surface area contributed by atoms with Crippen molar-refractivity contribution in [2.45, 2.75) is 38.7 Å². The Morgan fingerprint density at radius 1 is 1.13 bits per heavy atom. The summed E-state index contributed by atoms with van der Waals surface area (Å²) >= 11 is 1.36. The Balaban J connectivity index is 1.55. The Hall–Kier alpha value is -3.00. The van der Waals surface area contributed by atoms with Crippen LogP contribution < -0.4 is 14.8 Å². The van der Waals surface area contributed by atoms with Gasteiger partial charge in [-0.1, -0.05) is 48.2 Å². The van der Waals surface area contributed by atoms with Crippen molar-refractivity contribution in [1.82, 2.24) is 20.1 Å². The van der Waals surface area contributed by atoms with Gasteiger partial charge < -0.3 is 19.4 Å². The SMILES string of the molecule is CCn1c(COc2ccc(C)cc2OC)nnc1SCC(=O)NCc1ccccc1. The highest BCUT2D eigenvalue weighted by molar-refractivity contribution is 7.99. The zero-order chi connectivity index (χ0) is 21.3. The highest BCUT2D eigenvalue weighted by atomic mass is 32.2. The van der Waals surface area contributed by atoms with Crippen LogP contribution in [0, 0.1) is 6.92 Å². The van der Waals surface area contributed by atoms with E-state index in [0.717, 1.165) is 11.1 Å². The third kappa shape index (κ3) is 5.76. The number of carbonyl (C=O) groups is 1. The van der Waals surface area contributed by atoms with Crippen molar-refractivity contribution in [3.63, 3.8) is 0 Å². The summed E-state index contributed by atoms with van der Waals surface area (Å²) in [5, 5.41) is 12.1. The molecule has 0 radical (unpaired) electrons. The van der Waals surface area contributed by atoms with E-state index >= 15 is 0 Å². The van der Waals surface area contributed by atoms with Crippen molar-refractivity contribution in [2.24, 2.45) is 0 Å². The van der Waals surface area contributed by atoms with Crippen molar-refractivity contribution in [3.8, 4) is 11.5 Å². The predicted octanol–water partition coefficient (Wildman–Crippen LogP) is 3.60. The fourth-order valence-electron chi connectivity index (χ4n) is 2.86. The third-order valence-electron chi connectivity index (χ3n) is 4.45. The largest absolute Gasteiger partial charge is 0.493 e. The van der Waals surface area contributed by atoms with Gasteiger partial charge in [0.15, 0.2) is 22.5 Å². The second kappa shape index (κ2) is 10.7. The summed E-state index contributed by atoms with van der Waals surface area (Å²) in [5.41, 5.74) is 2.17. The molecular formula is C22H26N4O3S. The molecule has 8 heteroatoms. The molecule has 0 fully saturated rings. The predicted molar refractivity (Wildman–Crippen MR) is 117 cm³/mol. The van der Waals surface area contributed by atoms with E-state index in [1.54, 1.807) is 7.11 Å². The van der Waals surface area contributed by atoms with Gasteiger partial charge in [0.25, 0.3) is 0 Å². The fourth-order valence-corrected chi connectivity index (χ4v) is 3.72. The number of nitrogens with zero attached hydrogens (tertiary/aromatic N) is 3. The first-order valence-electron chi connectivity index (χ1n) is 9.73. The summed E-state index contributed by atoms with van der Waals surface area (Å²) < 4.78 is 13.2. The normalized spacial score (nSPS) is 10.6. The first-order valence-corrected chi connectivity index (χ1v) is 10.7. The molecule has 3 aromatic rings. The number of hydrogen-bond acceptors (Lipinski definition) is 6. The average Bonchev–Trinajstić information content (AvgIpc) is 3.17. The lowest BCUT2D eigenvalue weighted by Gasteiger charge is -2.12. The first-order chi connectivity index (χ1) is 14.6. The van der Waals surface area contributed by atoms with Gasteiger partial charge in [0.2, 0.25) is 5.91 Å². The number of benzene rings is 2. The molecule has 0 bridgehead atoms. The Morgan fingerprint density at radius 2 is 1.93 bits per heavy atom. The Bertz CT molecular complexity index is 976. The van der Waals surface area contributed by atoms with Crippen molar-refractivity contribution in [2.75, 3.05) is 12.9 Å². The molecule has 1 amide bonds. The molecule has 0 saturated heterocycles. The molecule has 1 N–H and O–H groups in total. The van der Waals surface area contributed by atoms with E-state index in [9.17, 15) is 4.79 Å². The second-order valence-corrected chi connectivity index (χ2v) is 7.58. The number of aryl methyl sites for hydroxylation is 1. The molecule has 30 heavy (non-hydrogen) atoms. The number of aromatic nitrogens is 3. The number of hydrogen-bond donors (Lipinski definition) is 1. The molecule has 0 spiro atoms. The van der Waals surface area contributed by atoms with Gasteiger partial charge in [-0.15, -0.1) is 10.2 Å². The van der Waals surface area contributed by atoms with E-state index < -0.39 is 0 Å².